The summed E-state index contributed by atoms with van der Waals surface area (Å²) in [6.07, 6.45) is 4.50. The fraction of sp³-hybridized carbons (Fsp3) is 0.250. The number of hydrogen-bond acceptors (Lipinski definition) is 5. The largest absolute Gasteiger partial charge is 0.457 e. The van der Waals surface area contributed by atoms with Crippen LogP contribution in [-0.4, -0.2) is 43.1 Å². The number of aromatic nitrogens is 1. The van der Waals surface area contributed by atoms with E-state index < -0.39 is 9.84 Å². The maximum absolute atomic E-state index is 12.9. The molecule has 0 saturated carbocycles. The lowest BCUT2D eigenvalue weighted by Gasteiger charge is -2.31. The fourth-order valence-corrected chi connectivity index (χ4v) is 5.56. The molecule has 4 rings (SSSR count). The van der Waals surface area contributed by atoms with Gasteiger partial charge in [0.1, 0.15) is 11.5 Å². The Morgan fingerprint density at radius 1 is 1.00 bits per heavy atom. The predicted molar refractivity (Wildman–Crippen MR) is 123 cm³/mol. The van der Waals surface area contributed by atoms with Gasteiger partial charge in [0.15, 0.2) is 9.84 Å². The smallest absolute Gasteiger partial charge is 0.255 e. The molecular weight excluding hydrogens is 448 g/mol. The molecule has 2 heterocycles. The Kier molecular flexibility index (Phi) is 6.77. The standard InChI is InChI=1S/C24H23ClN2O4S/c25-20-3-5-21(6-4-20)31-22-7-9-23(10-8-22)32(29,30)17-18-11-14-27(15-12-18)24(28)19-2-1-13-26-16-19/h1-10,13,16,18H,11-12,14-15,17H2. The van der Waals surface area contributed by atoms with Crippen LogP contribution in [0.3, 0.4) is 0 Å². The number of likely N-dealkylation sites (tertiary alicyclic amines) is 1. The lowest BCUT2D eigenvalue weighted by molar-refractivity contribution is 0.0698. The first-order valence-electron chi connectivity index (χ1n) is 10.4. The zero-order chi connectivity index (χ0) is 22.6. The van der Waals surface area contributed by atoms with Gasteiger partial charge in [-0.05, 0) is 79.4 Å². The number of rotatable bonds is 6. The number of amides is 1. The summed E-state index contributed by atoms with van der Waals surface area (Å²) in [6.45, 7) is 1.09. The van der Waals surface area contributed by atoms with Crippen LogP contribution in [0.25, 0.3) is 0 Å². The first kappa shape index (κ1) is 22.3. The Hall–Kier alpha value is -2.90. The topological polar surface area (TPSA) is 76.6 Å². The molecule has 1 saturated heterocycles. The van der Waals surface area contributed by atoms with Gasteiger partial charge in [0.25, 0.3) is 5.91 Å². The average molecular weight is 471 g/mol. The molecule has 0 radical (unpaired) electrons. The van der Waals surface area contributed by atoms with E-state index in [9.17, 15) is 13.2 Å². The quantitative estimate of drug-likeness (QED) is 0.514. The second kappa shape index (κ2) is 9.71. The lowest BCUT2D eigenvalue weighted by atomic mass is 9.98. The van der Waals surface area contributed by atoms with Gasteiger partial charge in [-0.2, -0.15) is 0 Å². The molecule has 1 aliphatic rings. The van der Waals surface area contributed by atoms with Crippen LogP contribution < -0.4 is 4.74 Å². The van der Waals surface area contributed by atoms with E-state index in [0.29, 0.717) is 48.0 Å². The van der Waals surface area contributed by atoms with Gasteiger partial charge in [0.05, 0.1) is 16.2 Å². The van der Waals surface area contributed by atoms with Gasteiger partial charge in [-0.25, -0.2) is 8.42 Å². The Morgan fingerprint density at radius 2 is 1.62 bits per heavy atom. The second-order valence-electron chi connectivity index (χ2n) is 7.79. The van der Waals surface area contributed by atoms with Gasteiger partial charge in [-0.1, -0.05) is 11.6 Å². The zero-order valence-electron chi connectivity index (χ0n) is 17.4. The number of nitrogens with zero attached hydrogens (tertiary/aromatic N) is 2. The van der Waals surface area contributed by atoms with Crippen molar-refractivity contribution in [3.8, 4) is 11.5 Å². The summed E-state index contributed by atoms with van der Waals surface area (Å²) in [4.78, 5) is 18.6. The molecule has 1 fully saturated rings. The predicted octanol–water partition coefficient (Wildman–Crippen LogP) is 4.85. The van der Waals surface area contributed by atoms with Crippen molar-refractivity contribution in [1.29, 1.82) is 0 Å². The molecule has 0 atom stereocenters. The van der Waals surface area contributed by atoms with E-state index in [1.54, 1.807) is 78.0 Å². The molecule has 8 heteroatoms. The summed E-state index contributed by atoms with van der Waals surface area (Å²) in [5.41, 5.74) is 0.555. The minimum Gasteiger partial charge on any atom is -0.457 e. The van der Waals surface area contributed by atoms with Crippen LogP contribution in [0.2, 0.25) is 5.02 Å². The van der Waals surface area contributed by atoms with Gasteiger partial charge < -0.3 is 9.64 Å². The fourth-order valence-electron chi connectivity index (χ4n) is 3.73. The van der Waals surface area contributed by atoms with E-state index in [4.69, 9.17) is 16.3 Å². The highest BCUT2D eigenvalue weighted by atomic mass is 35.5. The number of ether oxygens (including phenoxy) is 1. The van der Waals surface area contributed by atoms with Crippen LogP contribution in [0.4, 0.5) is 0 Å². The van der Waals surface area contributed by atoms with Crippen molar-refractivity contribution in [2.45, 2.75) is 17.7 Å². The summed E-state index contributed by atoms with van der Waals surface area (Å²) in [5.74, 6) is 1.20. The molecule has 0 bridgehead atoms. The lowest BCUT2D eigenvalue weighted by Crippen LogP contribution is -2.40. The molecule has 0 aliphatic carbocycles. The molecule has 166 valence electrons. The molecule has 1 amide bonds. The number of hydrogen-bond donors (Lipinski definition) is 0. The molecule has 3 aromatic rings. The number of pyridine rings is 1. The number of carbonyl (C=O) groups excluding carboxylic acids is 1. The van der Waals surface area contributed by atoms with Crippen molar-refractivity contribution >= 4 is 27.3 Å². The highest BCUT2D eigenvalue weighted by Crippen LogP contribution is 2.27. The van der Waals surface area contributed by atoms with Crippen LogP contribution in [0.5, 0.6) is 11.5 Å². The third-order valence-electron chi connectivity index (χ3n) is 5.50. The van der Waals surface area contributed by atoms with Crippen LogP contribution in [0.15, 0.2) is 78.0 Å². The van der Waals surface area contributed by atoms with Gasteiger partial charge >= 0.3 is 0 Å². The second-order valence-corrected chi connectivity index (χ2v) is 10.3. The van der Waals surface area contributed by atoms with Gasteiger partial charge in [-0.3, -0.25) is 9.78 Å². The van der Waals surface area contributed by atoms with Gasteiger partial charge in [-0.15, -0.1) is 0 Å². The van der Waals surface area contributed by atoms with Crippen LogP contribution >= 0.6 is 11.6 Å². The Bertz CT molecular complexity index is 1160. The van der Waals surface area contributed by atoms with Crippen molar-refractivity contribution in [2.75, 3.05) is 18.8 Å². The summed E-state index contributed by atoms with van der Waals surface area (Å²) in [5, 5.41) is 0.617. The first-order chi connectivity index (χ1) is 15.4. The summed E-state index contributed by atoms with van der Waals surface area (Å²) < 4.78 is 31.5. The van der Waals surface area contributed by atoms with E-state index >= 15 is 0 Å². The molecule has 0 unspecified atom stereocenters. The van der Waals surface area contributed by atoms with E-state index in [1.807, 2.05) is 0 Å². The normalized spacial score (nSPS) is 14.8. The van der Waals surface area contributed by atoms with E-state index in [0.717, 1.165) is 0 Å². The first-order valence-corrected chi connectivity index (χ1v) is 12.4. The highest BCUT2D eigenvalue weighted by molar-refractivity contribution is 7.91. The van der Waals surface area contributed by atoms with Crippen molar-refractivity contribution in [2.24, 2.45) is 5.92 Å². The molecule has 32 heavy (non-hydrogen) atoms. The van der Waals surface area contributed by atoms with Crippen molar-refractivity contribution in [3.05, 3.63) is 83.6 Å². The SMILES string of the molecule is O=C(c1cccnc1)N1CCC(CS(=O)(=O)c2ccc(Oc3ccc(Cl)cc3)cc2)CC1. The van der Waals surface area contributed by atoms with Gasteiger partial charge in [0, 0.05) is 30.5 Å². The summed E-state index contributed by atoms with van der Waals surface area (Å²) in [6, 6.07) is 16.9. The summed E-state index contributed by atoms with van der Waals surface area (Å²) >= 11 is 5.87. The highest BCUT2D eigenvalue weighted by Gasteiger charge is 2.28. The number of sulfone groups is 1. The van der Waals surface area contributed by atoms with Crippen LogP contribution in [-0.2, 0) is 9.84 Å². The van der Waals surface area contributed by atoms with Crippen molar-refractivity contribution < 1.29 is 17.9 Å². The molecular formula is C24H23ClN2O4S. The molecule has 2 aromatic carbocycles. The monoisotopic (exact) mass is 470 g/mol. The van der Waals surface area contributed by atoms with E-state index in [-0.39, 0.29) is 22.5 Å². The number of halogens is 1. The van der Waals surface area contributed by atoms with Crippen molar-refractivity contribution in [1.82, 2.24) is 9.88 Å². The average Bonchev–Trinajstić information content (AvgIpc) is 2.81. The minimum atomic E-state index is -3.43. The maximum atomic E-state index is 12.9. The Balaban J connectivity index is 1.33. The van der Waals surface area contributed by atoms with Crippen LogP contribution in [0.1, 0.15) is 23.2 Å². The molecule has 1 aromatic heterocycles. The molecule has 0 N–H and O–H groups in total. The van der Waals surface area contributed by atoms with Crippen LogP contribution in [0, 0.1) is 5.92 Å². The Morgan fingerprint density at radius 3 is 2.22 bits per heavy atom. The minimum absolute atomic E-state index is 0.0166. The molecule has 1 aliphatic heterocycles. The summed E-state index contributed by atoms with van der Waals surface area (Å²) in [7, 11) is -3.43. The number of benzene rings is 2. The zero-order valence-corrected chi connectivity index (χ0v) is 18.9. The third kappa shape index (κ3) is 5.47. The Labute approximate surface area is 192 Å². The molecule has 6 nitrogen and oxygen atoms in total. The molecule has 0 spiro atoms. The van der Waals surface area contributed by atoms with Gasteiger partial charge in [0.2, 0.25) is 0 Å². The number of carbonyl (C=O) groups is 1. The third-order valence-corrected chi connectivity index (χ3v) is 7.65. The van der Waals surface area contributed by atoms with E-state index in [2.05, 4.69) is 4.98 Å². The van der Waals surface area contributed by atoms with E-state index in [1.165, 1.54) is 0 Å². The number of piperidine rings is 1. The van der Waals surface area contributed by atoms with Crippen molar-refractivity contribution in [3.63, 3.8) is 0 Å². The maximum Gasteiger partial charge on any atom is 0.255 e.